The fraction of sp³-hybridized carbons (Fsp3) is 0. The quantitative estimate of drug-likeness (QED) is 0.430. The molecule has 0 amide bonds. The monoisotopic (exact) mass is 278 g/mol. The molecule has 0 heterocycles. The molecule has 1 aromatic rings. The number of aliphatic carboxylic acids is 1. The Balaban J connectivity index is 3.53. The van der Waals surface area contributed by atoms with Gasteiger partial charge >= 0.3 is 5.97 Å². The molecule has 0 fully saturated rings. The third-order valence-electron chi connectivity index (χ3n) is 1.59. The molecule has 80 valence electrons. The van der Waals surface area contributed by atoms with Crippen LogP contribution in [0.15, 0.2) is 10.5 Å². The number of benzene rings is 1. The summed E-state index contributed by atoms with van der Waals surface area (Å²) in [6.07, 6.45) is 0. The lowest BCUT2D eigenvalue weighted by molar-refractivity contribution is -0.131. The number of carbonyl (C=O) groups is 2. The van der Waals surface area contributed by atoms with Crippen molar-refractivity contribution in [3.05, 3.63) is 21.9 Å². The van der Waals surface area contributed by atoms with E-state index < -0.39 is 34.6 Å². The zero-order chi connectivity index (χ0) is 11.7. The fourth-order valence-corrected chi connectivity index (χ4v) is 1.33. The lowest BCUT2D eigenvalue weighted by atomic mass is 10.1. The van der Waals surface area contributed by atoms with E-state index in [9.17, 15) is 14.0 Å². The Morgan fingerprint density at radius 1 is 1.33 bits per heavy atom. The number of hydrogen-bond acceptors (Lipinski definition) is 4. The molecule has 0 saturated heterocycles. The summed E-state index contributed by atoms with van der Waals surface area (Å²) >= 11 is 2.66. The first kappa shape index (κ1) is 11.4. The first-order valence-corrected chi connectivity index (χ1v) is 4.33. The normalized spacial score (nSPS) is 10.0. The highest BCUT2D eigenvalue weighted by molar-refractivity contribution is 9.10. The fourth-order valence-electron chi connectivity index (χ4n) is 0.917. The number of ketones is 1. The predicted molar refractivity (Wildman–Crippen MR) is 49.4 cm³/mol. The van der Waals surface area contributed by atoms with Crippen molar-refractivity contribution in [2.24, 2.45) is 0 Å². The van der Waals surface area contributed by atoms with Gasteiger partial charge in [0.2, 0.25) is 0 Å². The van der Waals surface area contributed by atoms with Crippen LogP contribution < -0.4 is 0 Å². The van der Waals surface area contributed by atoms with Gasteiger partial charge < -0.3 is 15.3 Å². The van der Waals surface area contributed by atoms with Gasteiger partial charge in [-0.3, -0.25) is 4.79 Å². The summed E-state index contributed by atoms with van der Waals surface area (Å²) in [7, 11) is 0. The average molecular weight is 279 g/mol. The van der Waals surface area contributed by atoms with Gasteiger partial charge in [0.1, 0.15) is 5.56 Å². The smallest absolute Gasteiger partial charge is 0.377 e. The molecule has 3 N–H and O–H groups in total. The van der Waals surface area contributed by atoms with Crippen molar-refractivity contribution in [3.63, 3.8) is 0 Å². The third kappa shape index (κ3) is 1.91. The number of halogens is 2. The molecular weight excluding hydrogens is 275 g/mol. The van der Waals surface area contributed by atoms with Gasteiger partial charge in [-0.05, 0) is 15.9 Å². The van der Waals surface area contributed by atoms with Gasteiger partial charge in [-0.25, -0.2) is 9.18 Å². The minimum Gasteiger partial charge on any atom is -0.504 e. The van der Waals surface area contributed by atoms with E-state index in [1.165, 1.54) is 0 Å². The maximum absolute atomic E-state index is 13.3. The molecule has 1 aromatic carbocycles. The summed E-state index contributed by atoms with van der Waals surface area (Å²) in [6, 6.07) is 0.809. The maximum Gasteiger partial charge on any atom is 0.377 e. The van der Waals surface area contributed by atoms with Crippen LogP contribution in [0, 0.1) is 5.82 Å². The highest BCUT2D eigenvalue weighted by atomic mass is 79.9. The number of hydrogen-bond donors (Lipinski definition) is 3. The Morgan fingerprint density at radius 3 is 2.33 bits per heavy atom. The van der Waals surface area contributed by atoms with Crippen molar-refractivity contribution in [1.82, 2.24) is 0 Å². The van der Waals surface area contributed by atoms with Gasteiger partial charge in [0, 0.05) is 6.07 Å². The molecule has 0 saturated carbocycles. The van der Waals surface area contributed by atoms with Crippen LogP contribution in [0.5, 0.6) is 11.5 Å². The van der Waals surface area contributed by atoms with Crippen molar-refractivity contribution < 1.29 is 29.3 Å². The van der Waals surface area contributed by atoms with Crippen molar-refractivity contribution >= 4 is 27.7 Å². The largest absolute Gasteiger partial charge is 0.504 e. The molecule has 1 rings (SSSR count). The summed E-state index contributed by atoms with van der Waals surface area (Å²) < 4.78 is 12.9. The SMILES string of the molecule is O=C(O)C(=O)c1c(O)c(O)cc(Br)c1F. The van der Waals surface area contributed by atoms with Crippen molar-refractivity contribution in [2.75, 3.05) is 0 Å². The van der Waals surface area contributed by atoms with Gasteiger partial charge in [-0.1, -0.05) is 0 Å². The third-order valence-corrected chi connectivity index (χ3v) is 2.17. The molecule has 5 nitrogen and oxygen atoms in total. The Labute approximate surface area is 90.9 Å². The van der Waals surface area contributed by atoms with E-state index in [-0.39, 0.29) is 4.47 Å². The molecular formula is C8H4BrFO5. The van der Waals surface area contributed by atoms with E-state index in [1.54, 1.807) is 0 Å². The molecule has 0 unspecified atom stereocenters. The second kappa shape index (κ2) is 3.85. The van der Waals surface area contributed by atoms with Gasteiger partial charge in [-0.15, -0.1) is 0 Å². The average Bonchev–Trinajstić information content (AvgIpc) is 2.15. The van der Waals surface area contributed by atoms with Crippen LogP contribution in [0.25, 0.3) is 0 Å². The number of aromatic hydroxyl groups is 2. The van der Waals surface area contributed by atoms with Crippen molar-refractivity contribution in [2.45, 2.75) is 0 Å². The number of phenolic OH excluding ortho intramolecular Hbond substituents is 2. The number of carboxylic acid groups (broad SMARTS) is 1. The van der Waals surface area contributed by atoms with Gasteiger partial charge in [0.05, 0.1) is 4.47 Å². The van der Waals surface area contributed by atoms with Crippen LogP contribution in [-0.2, 0) is 4.79 Å². The summed E-state index contributed by atoms with van der Waals surface area (Å²) in [6.45, 7) is 0. The van der Waals surface area contributed by atoms with Gasteiger partial charge in [0.15, 0.2) is 17.3 Å². The zero-order valence-corrected chi connectivity index (χ0v) is 8.58. The Kier molecular flexibility index (Phi) is 2.94. The van der Waals surface area contributed by atoms with Crippen LogP contribution >= 0.6 is 15.9 Å². The molecule has 0 radical (unpaired) electrons. The molecule has 15 heavy (non-hydrogen) atoms. The molecule has 0 bridgehead atoms. The van der Waals surface area contributed by atoms with E-state index >= 15 is 0 Å². The first-order chi connectivity index (χ1) is 6.86. The molecule has 0 aliphatic heterocycles. The Hall–Kier alpha value is -1.63. The lowest BCUT2D eigenvalue weighted by Crippen LogP contribution is -2.15. The van der Waals surface area contributed by atoms with Gasteiger partial charge in [-0.2, -0.15) is 0 Å². The Bertz CT molecular complexity index is 431. The van der Waals surface area contributed by atoms with Crippen LogP contribution in [0.1, 0.15) is 10.4 Å². The summed E-state index contributed by atoms with van der Waals surface area (Å²) in [5.74, 6) is -6.68. The molecule has 0 spiro atoms. The van der Waals surface area contributed by atoms with Crippen LogP contribution in [-0.4, -0.2) is 27.1 Å². The zero-order valence-electron chi connectivity index (χ0n) is 6.99. The Morgan fingerprint density at radius 2 is 1.87 bits per heavy atom. The lowest BCUT2D eigenvalue weighted by Gasteiger charge is -2.05. The molecule has 0 aliphatic rings. The molecule has 7 heteroatoms. The van der Waals surface area contributed by atoms with E-state index in [4.69, 9.17) is 15.3 Å². The van der Waals surface area contributed by atoms with Crippen molar-refractivity contribution in [3.8, 4) is 11.5 Å². The number of carboxylic acids is 1. The molecule has 0 aliphatic carbocycles. The summed E-state index contributed by atoms with van der Waals surface area (Å²) in [5.41, 5.74) is -1.07. The van der Waals surface area contributed by atoms with E-state index in [0.29, 0.717) is 0 Å². The van der Waals surface area contributed by atoms with E-state index in [2.05, 4.69) is 15.9 Å². The number of rotatable bonds is 2. The number of phenols is 2. The predicted octanol–water partition coefficient (Wildman–Crippen LogP) is 1.27. The second-order valence-electron chi connectivity index (χ2n) is 2.55. The second-order valence-corrected chi connectivity index (χ2v) is 3.40. The number of Topliss-reactive ketones (excluding diaryl/α,β-unsaturated/α-hetero) is 1. The summed E-state index contributed by atoms with van der Waals surface area (Å²) in [5, 5.41) is 26.5. The van der Waals surface area contributed by atoms with E-state index in [1.807, 2.05) is 0 Å². The minimum absolute atomic E-state index is 0.317. The highest BCUT2D eigenvalue weighted by Crippen LogP contribution is 2.35. The standard InChI is InChI=1S/C8H4BrFO5/c9-2-1-3(11)6(12)4(5(2)10)7(13)8(14)15/h1,11-12H,(H,14,15). The topological polar surface area (TPSA) is 94.8 Å². The van der Waals surface area contributed by atoms with Crippen molar-refractivity contribution in [1.29, 1.82) is 0 Å². The van der Waals surface area contributed by atoms with E-state index in [0.717, 1.165) is 6.07 Å². The van der Waals surface area contributed by atoms with Crippen LogP contribution in [0.3, 0.4) is 0 Å². The minimum atomic E-state index is -1.93. The molecule has 0 atom stereocenters. The highest BCUT2D eigenvalue weighted by Gasteiger charge is 2.27. The van der Waals surface area contributed by atoms with Gasteiger partial charge in [0.25, 0.3) is 5.78 Å². The first-order valence-electron chi connectivity index (χ1n) is 3.53. The maximum atomic E-state index is 13.3. The number of carbonyl (C=O) groups excluding carboxylic acids is 1. The molecule has 0 aromatic heterocycles. The van der Waals surface area contributed by atoms with Crippen LogP contribution in [0.2, 0.25) is 0 Å². The summed E-state index contributed by atoms with van der Waals surface area (Å²) in [4.78, 5) is 21.3. The van der Waals surface area contributed by atoms with Crippen LogP contribution in [0.4, 0.5) is 4.39 Å².